The molecule has 0 saturated carbocycles. The first-order valence-corrected chi connectivity index (χ1v) is 7.67. The maximum atomic E-state index is 13.9. The van der Waals surface area contributed by atoms with Gasteiger partial charge in [-0.1, -0.05) is 0 Å². The molecule has 0 radical (unpaired) electrons. The Morgan fingerprint density at radius 2 is 2.00 bits per heavy atom. The average molecular weight is 331 g/mol. The van der Waals surface area contributed by atoms with Crippen molar-refractivity contribution in [1.29, 1.82) is 0 Å². The zero-order valence-electron chi connectivity index (χ0n) is 13.3. The van der Waals surface area contributed by atoms with Crippen LogP contribution < -0.4 is 15.8 Å². The number of H-pyrrole nitrogens is 1. The SMILES string of the molecule is Cc1cc(=O)[nH]cc1C(=O)Nc1cc(F)cc(N2CCOCC2)c1. The molecule has 6 nitrogen and oxygen atoms in total. The second kappa shape index (κ2) is 6.84. The van der Waals surface area contributed by atoms with Gasteiger partial charge in [-0.25, -0.2) is 4.39 Å². The van der Waals surface area contributed by atoms with Crippen molar-refractivity contribution in [2.24, 2.45) is 0 Å². The van der Waals surface area contributed by atoms with Crippen LogP contribution in [0.15, 0.2) is 35.3 Å². The van der Waals surface area contributed by atoms with E-state index in [-0.39, 0.29) is 5.56 Å². The van der Waals surface area contributed by atoms with Gasteiger partial charge in [0.1, 0.15) is 5.82 Å². The summed E-state index contributed by atoms with van der Waals surface area (Å²) in [7, 11) is 0. The first-order valence-electron chi connectivity index (χ1n) is 7.67. The molecular weight excluding hydrogens is 313 g/mol. The molecule has 1 aromatic heterocycles. The standard InChI is InChI=1S/C17H18FN3O3/c1-11-6-16(22)19-10-15(11)17(23)20-13-7-12(18)8-14(9-13)21-2-4-24-5-3-21/h6-10H,2-5H2,1H3,(H,19,22)(H,20,23). The summed E-state index contributed by atoms with van der Waals surface area (Å²) in [6.07, 6.45) is 1.36. The third-order valence-electron chi connectivity index (χ3n) is 3.89. The van der Waals surface area contributed by atoms with E-state index in [9.17, 15) is 14.0 Å². The van der Waals surface area contributed by atoms with E-state index in [1.807, 2.05) is 4.90 Å². The minimum Gasteiger partial charge on any atom is -0.378 e. The van der Waals surface area contributed by atoms with Crippen molar-refractivity contribution < 1.29 is 13.9 Å². The van der Waals surface area contributed by atoms with Crippen LogP contribution in [-0.4, -0.2) is 37.2 Å². The number of ether oxygens (including phenoxy) is 1. The van der Waals surface area contributed by atoms with Gasteiger partial charge in [-0.15, -0.1) is 0 Å². The average Bonchev–Trinajstić information content (AvgIpc) is 2.55. The van der Waals surface area contributed by atoms with Gasteiger partial charge in [0.2, 0.25) is 5.56 Å². The van der Waals surface area contributed by atoms with E-state index in [1.165, 1.54) is 24.4 Å². The Balaban J connectivity index is 1.82. The molecule has 1 fully saturated rings. The zero-order valence-corrected chi connectivity index (χ0v) is 13.3. The molecule has 1 saturated heterocycles. The van der Waals surface area contributed by atoms with Crippen LogP contribution in [0.4, 0.5) is 15.8 Å². The minimum absolute atomic E-state index is 0.274. The number of aromatic amines is 1. The van der Waals surface area contributed by atoms with Gasteiger partial charge >= 0.3 is 0 Å². The largest absolute Gasteiger partial charge is 0.378 e. The van der Waals surface area contributed by atoms with Crippen LogP contribution in [0.2, 0.25) is 0 Å². The predicted molar refractivity (Wildman–Crippen MR) is 89.2 cm³/mol. The molecule has 126 valence electrons. The summed E-state index contributed by atoms with van der Waals surface area (Å²) in [6, 6.07) is 5.78. The molecular formula is C17H18FN3O3. The van der Waals surface area contributed by atoms with E-state index in [4.69, 9.17) is 4.74 Å². The van der Waals surface area contributed by atoms with Crippen LogP contribution in [-0.2, 0) is 4.74 Å². The van der Waals surface area contributed by atoms with Crippen molar-refractivity contribution in [3.8, 4) is 0 Å². The van der Waals surface area contributed by atoms with Crippen molar-refractivity contribution in [2.75, 3.05) is 36.5 Å². The third kappa shape index (κ3) is 3.62. The van der Waals surface area contributed by atoms with E-state index in [2.05, 4.69) is 10.3 Å². The molecule has 0 aliphatic carbocycles. The van der Waals surface area contributed by atoms with Gasteiger partial charge < -0.3 is 19.9 Å². The second-order valence-electron chi connectivity index (χ2n) is 5.65. The number of amides is 1. The summed E-state index contributed by atoms with van der Waals surface area (Å²) in [4.78, 5) is 28.1. The summed E-state index contributed by atoms with van der Waals surface area (Å²) in [6.45, 7) is 4.21. The molecule has 2 N–H and O–H groups in total. The number of aryl methyl sites for hydroxylation is 1. The summed E-state index contributed by atoms with van der Waals surface area (Å²) in [5.41, 5.74) is 1.69. The number of nitrogens with zero attached hydrogens (tertiary/aromatic N) is 1. The van der Waals surface area contributed by atoms with Gasteiger partial charge in [-0.3, -0.25) is 9.59 Å². The van der Waals surface area contributed by atoms with Crippen LogP contribution >= 0.6 is 0 Å². The molecule has 3 rings (SSSR count). The quantitative estimate of drug-likeness (QED) is 0.901. The zero-order chi connectivity index (χ0) is 17.1. The normalized spacial score (nSPS) is 14.5. The highest BCUT2D eigenvalue weighted by Crippen LogP contribution is 2.23. The van der Waals surface area contributed by atoms with Crippen LogP contribution in [0, 0.1) is 12.7 Å². The fourth-order valence-electron chi connectivity index (χ4n) is 2.67. The highest BCUT2D eigenvalue weighted by molar-refractivity contribution is 6.05. The van der Waals surface area contributed by atoms with Crippen molar-refractivity contribution >= 4 is 17.3 Å². The lowest BCUT2D eigenvalue weighted by molar-refractivity contribution is 0.102. The number of carbonyl (C=O) groups is 1. The minimum atomic E-state index is -0.424. The van der Waals surface area contributed by atoms with Crippen LogP contribution in [0.5, 0.6) is 0 Å². The lowest BCUT2D eigenvalue weighted by atomic mass is 10.1. The molecule has 7 heteroatoms. The Labute approximate surface area is 138 Å². The maximum absolute atomic E-state index is 13.9. The number of aromatic nitrogens is 1. The molecule has 1 aliphatic heterocycles. The summed E-state index contributed by atoms with van der Waals surface area (Å²) < 4.78 is 19.2. The number of hydrogen-bond donors (Lipinski definition) is 2. The van der Waals surface area contributed by atoms with Crippen molar-refractivity contribution in [2.45, 2.75) is 6.92 Å². The topological polar surface area (TPSA) is 74.4 Å². The highest BCUT2D eigenvalue weighted by atomic mass is 19.1. The lowest BCUT2D eigenvalue weighted by Gasteiger charge is -2.29. The van der Waals surface area contributed by atoms with Gasteiger partial charge in [0, 0.05) is 36.7 Å². The summed E-state index contributed by atoms with van der Waals surface area (Å²) >= 11 is 0. The number of pyridine rings is 1. The Morgan fingerprint density at radius 3 is 2.71 bits per heavy atom. The molecule has 0 bridgehead atoms. The van der Waals surface area contributed by atoms with E-state index in [0.29, 0.717) is 48.8 Å². The molecule has 2 heterocycles. The van der Waals surface area contributed by atoms with Gasteiger partial charge in [-0.2, -0.15) is 0 Å². The van der Waals surface area contributed by atoms with Crippen molar-refractivity contribution in [3.05, 3.63) is 57.8 Å². The molecule has 0 unspecified atom stereocenters. The Morgan fingerprint density at radius 1 is 1.25 bits per heavy atom. The first kappa shape index (κ1) is 16.2. The summed E-state index contributed by atoms with van der Waals surface area (Å²) in [5, 5.41) is 2.68. The predicted octanol–water partition coefficient (Wildman–Crippen LogP) is 1.91. The van der Waals surface area contributed by atoms with Gasteiger partial charge in [-0.05, 0) is 30.7 Å². The Kier molecular flexibility index (Phi) is 4.61. The third-order valence-corrected chi connectivity index (χ3v) is 3.89. The van der Waals surface area contributed by atoms with Crippen LogP contribution in [0.25, 0.3) is 0 Å². The van der Waals surface area contributed by atoms with Gasteiger partial charge in [0.05, 0.1) is 18.8 Å². The number of hydrogen-bond acceptors (Lipinski definition) is 4. The number of anilines is 2. The maximum Gasteiger partial charge on any atom is 0.257 e. The molecule has 1 aliphatic rings. The van der Waals surface area contributed by atoms with Gasteiger partial charge in [0.15, 0.2) is 0 Å². The molecule has 1 amide bonds. The molecule has 24 heavy (non-hydrogen) atoms. The monoisotopic (exact) mass is 331 g/mol. The summed E-state index contributed by atoms with van der Waals surface area (Å²) in [5.74, 6) is -0.824. The van der Waals surface area contributed by atoms with Crippen molar-refractivity contribution in [1.82, 2.24) is 4.98 Å². The Hall–Kier alpha value is -2.67. The fraction of sp³-hybridized carbons (Fsp3) is 0.294. The van der Waals surface area contributed by atoms with E-state index in [1.54, 1.807) is 13.0 Å². The number of benzene rings is 1. The number of halogens is 1. The molecule has 2 aromatic rings. The molecule has 0 spiro atoms. The van der Waals surface area contributed by atoms with Crippen LogP contribution in [0.3, 0.4) is 0 Å². The first-order chi connectivity index (χ1) is 11.5. The number of nitrogens with one attached hydrogen (secondary N) is 2. The smallest absolute Gasteiger partial charge is 0.257 e. The van der Waals surface area contributed by atoms with Crippen molar-refractivity contribution in [3.63, 3.8) is 0 Å². The number of morpholine rings is 1. The van der Waals surface area contributed by atoms with Gasteiger partial charge in [0.25, 0.3) is 5.91 Å². The fourth-order valence-corrected chi connectivity index (χ4v) is 2.67. The second-order valence-corrected chi connectivity index (χ2v) is 5.65. The lowest BCUT2D eigenvalue weighted by Crippen LogP contribution is -2.36. The van der Waals surface area contributed by atoms with Crippen LogP contribution in [0.1, 0.15) is 15.9 Å². The number of rotatable bonds is 3. The number of carbonyl (C=O) groups excluding carboxylic acids is 1. The molecule has 0 atom stereocenters. The molecule has 1 aromatic carbocycles. The highest BCUT2D eigenvalue weighted by Gasteiger charge is 2.15. The van der Waals surface area contributed by atoms with E-state index < -0.39 is 11.7 Å². The van der Waals surface area contributed by atoms with E-state index >= 15 is 0 Å². The van der Waals surface area contributed by atoms with E-state index in [0.717, 1.165) is 0 Å². The Bertz CT molecular complexity index is 813.